The van der Waals surface area contributed by atoms with Crippen LogP contribution in [-0.4, -0.2) is 47.1 Å². The summed E-state index contributed by atoms with van der Waals surface area (Å²) >= 11 is 0. The van der Waals surface area contributed by atoms with E-state index in [0.717, 1.165) is 25.2 Å². The number of rotatable bonds is 5. The molecule has 0 spiro atoms. The van der Waals surface area contributed by atoms with Gasteiger partial charge in [0, 0.05) is 25.3 Å². The van der Waals surface area contributed by atoms with Crippen LogP contribution in [0.4, 0.5) is 11.5 Å². The summed E-state index contributed by atoms with van der Waals surface area (Å²) in [4.78, 5) is 21.0. The molecule has 5 heteroatoms. The van der Waals surface area contributed by atoms with Gasteiger partial charge in [-0.05, 0) is 43.5 Å². The summed E-state index contributed by atoms with van der Waals surface area (Å²) in [6.45, 7) is 3.64. The molecule has 0 radical (unpaired) electrons. The smallest absolute Gasteiger partial charge is 0.272 e. The van der Waals surface area contributed by atoms with Crippen LogP contribution in [0.25, 0.3) is 0 Å². The average molecular weight is 325 g/mol. The summed E-state index contributed by atoms with van der Waals surface area (Å²) in [5, 5.41) is 9.11. The minimum atomic E-state index is -0.140. The van der Waals surface area contributed by atoms with Crippen LogP contribution in [0.2, 0.25) is 0 Å². The van der Waals surface area contributed by atoms with Crippen molar-refractivity contribution in [1.29, 1.82) is 0 Å². The van der Waals surface area contributed by atoms with Crippen molar-refractivity contribution in [2.75, 3.05) is 31.1 Å². The molecule has 0 unspecified atom stereocenters. The zero-order valence-corrected chi connectivity index (χ0v) is 14.0. The molecule has 1 aliphatic heterocycles. The molecule has 0 atom stereocenters. The third-order valence-corrected chi connectivity index (χ3v) is 4.38. The molecule has 0 aliphatic carbocycles. The first-order chi connectivity index (χ1) is 11.7. The lowest BCUT2D eigenvalue weighted by Gasteiger charge is -2.30. The van der Waals surface area contributed by atoms with E-state index in [0.29, 0.717) is 18.8 Å². The van der Waals surface area contributed by atoms with Gasteiger partial charge in [0.05, 0.1) is 6.61 Å². The zero-order chi connectivity index (χ0) is 16.9. The Morgan fingerprint density at radius 3 is 2.88 bits per heavy atom. The van der Waals surface area contributed by atoms with E-state index in [2.05, 4.69) is 28.1 Å². The number of amides is 1. The highest BCUT2D eigenvalue weighted by Gasteiger charge is 2.21. The van der Waals surface area contributed by atoms with E-state index in [1.165, 1.54) is 11.3 Å². The molecule has 1 aliphatic rings. The van der Waals surface area contributed by atoms with Gasteiger partial charge in [-0.3, -0.25) is 4.79 Å². The predicted octanol–water partition coefficient (Wildman–Crippen LogP) is 2.62. The standard InChI is InChI=1S/C19H23N3O2/c1-2-21(13-14-23)19(24)16-9-5-11-18(20-16)22-12-6-8-15-7-3-4-10-17(15)22/h3-5,7,9-11,23H,2,6,8,12-14H2,1H3. The normalized spacial score (nSPS) is 13.5. The maximum absolute atomic E-state index is 12.6. The number of benzene rings is 1. The first-order valence-electron chi connectivity index (χ1n) is 8.47. The van der Waals surface area contributed by atoms with Crippen molar-refractivity contribution in [3.8, 4) is 0 Å². The van der Waals surface area contributed by atoms with Crippen molar-refractivity contribution < 1.29 is 9.90 Å². The Morgan fingerprint density at radius 1 is 1.25 bits per heavy atom. The second-order valence-corrected chi connectivity index (χ2v) is 5.87. The Hall–Kier alpha value is -2.40. The molecule has 2 aromatic rings. The van der Waals surface area contributed by atoms with Gasteiger partial charge in [0.1, 0.15) is 11.5 Å². The number of aliphatic hydroxyl groups excluding tert-OH is 1. The van der Waals surface area contributed by atoms with Gasteiger partial charge < -0.3 is 14.9 Å². The van der Waals surface area contributed by atoms with Gasteiger partial charge in [-0.2, -0.15) is 0 Å². The number of aromatic nitrogens is 1. The minimum Gasteiger partial charge on any atom is -0.395 e. The van der Waals surface area contributed by atoms with E-state index < -0.39 is 0 Å². The molecule has 1 aromatic carbocycles. The number of hydrogen-bond acceptors (Lipinski definition) is 4. The highest BCUT2D eigenvalue weighted by atomic mass is 16.3. The van der Waals surface area contributed by atoms with Crippen LogP contribution in [0.15, 0.2) is 42.5 Å². The van der Waals surface area contributed by atoms with E-state index in [1.54, 1.807) is 11.0 Å². The van der Waals surface area contributed by atoms with Gasteiger partial charge in [0.15, 0.2) is 0 Å². The van der Waals surface area contributed by atoms with Gasteiger partial charge in [0.2, 0.25) is 0 Å². The van der Waals surface area contributed by atoms with Crippen LogP contribution in [-0.2, 0) is 6.42 Å². The highest BCUT2D eigenvalue weighted by molar-refractivity contribution is 5.92. The Morgan fingerprint density at radius 2 is 2.08 bits per heavy atom. The molecule has 5 nitrogen and oxygen atoms in total. The molecule has 0 fully saturated rings. The Labute approximate surface area is 142 Å². The van der Waals surface area contributed by atoms with Crippen LogP contribution < -0.4 is 4.90 Å². The summed E-state index contributed by atoms with van der Waals surface area (Å²) in [7, 11) is 0. The molecule has 0 saturated heterocycles. The van der Waals surface area contributed by atoms with E-state index in [9.17, 15) is 4.79 Å². The number of carbonyl (C=O) groups excluding carboxylic acids is 1. The first kappa shape index (κ1) is 16.5. The fraction of sp³-hybridized carbons (Fsp3) is 0.368. The second-order valence-electron chi connectivity index (χ2n) is 5.87. The number of likely N-dealkylation sites (N-methyl/N-ethyl adjacent to an activating group) is 1. The second kappa shape index (κ2) is 7.45. The maximum Gasteiger partial charge on any atom is 0.272 e. The lowest BCUT2D eigenvalue weighted by molar-refractivity contribution is 0.0726. The predicted molar refractivity (Wildman–Crippen MR) is 94.7 cm³/mol. The number of aryl methyl sites for hydroxylation is 1. The number of hydrogen-bond donors (Lipinski definition) is 1. The monoisotopic (exact) mass is 325 g/mol. The van der Waals surface area contributed by atoms with Gasteiger partial charge in [0.25, 0.3) is 5.91 Å². The van der Waals surface area contributed by atoms with Crippen molar-refractivity contribution in [2.24, 2.45) is 0 Å². The SMILES string of the molecule is CCN(CCO)C(=O)c1cccc(N2CCCc3ccccc32)n1. The molecule has 3 rings (SSSR count). The summed E-state index contributed by atoms with van der Waals surface area (Å²) < 4.78 is 0. The molecule has 1 aromatic heterocycles. The highest BCUT2D eigenvalue weighted by Crippen LogP contribution is 2.32. The first-order valence-corrected chi connectivity index (χ1v) is 8.47. The number of para-hydroxylation sites is 1. The number of fused-ring (bicyclic) bond motifs is 1. The number of anilines is 2. The summed E-state index contributed by atoms with van der Waals surface area (Å²) in [6.07, 6.45) is 2.15. The Bertz CT molecular complexity index is 717. The van der Waals surface area contributed by atoms with Gasteiger partial charge in [-0.25, -0.2) is 4.98 Å². The van der Waals surface area contributed by atoms with Crippen molar-refractivity contribution in [2.45, 2.75) is 19.8 Å². The molecule has 1 amide bonds. The van der Waals surface area contributed by atoms with Crippen LogP contribution in [0.3, 0.4) is 0 Å². The molecule has 2 heterocycles. The molecular weight excluding hydrogens is 302 g/mol. The number of pyridine rings is 1. The topological polar surface area (TPSA) is 56.7 Å². The van der Waals surface area contributed by atoms with Crippen LogP contribution in [0.1, 0.15) is 29.4 Å². The quantitative estimate of drug-likeness (QED) is 0.918. The molecular formula is C19H23N3O2. The van der Waals surface area contributed by atoms with Crippen molar-refractivity contribution in [1.82, 2.24) is 9.88 Å². The fourth-order valence-corrected chi connectivity index (χ4v) is 3.15. The lowest BCUT2D eigenvalue weighted by atomic mass is 10.0. The molecule has 24 heavy (non-hydrogen) atoms. The minimum absolute atomic E-state index is 0.0429. The van der Waals surface area contributed by atoms with E-state index in [-0.39, 0.29) is 12.5 Å². The Balaban J connectivity index is 1.90. The Kier molecular flexibility index (Phi) is 5.11. The van der Waals surface area contributed by atoms with Crippen LogP contribution in [0.5, 0.6) is 0 Å². The summed E-state index contributed by atoms with van der Waals surface area (Å²) in [5.41, 5.74) is 2.91. The third-order valence-electron chi connectivity index (χ3n) is 4.38. The zero-order valence-electron chi connectivity index (χ0n) is 14.0. The van der Waals surface area contributed by atoms with E-state index in [4.69, 9.17) is 5.11 Å². The van der Waals surface area contributed by atoms with Gasteiger partial charge in [-0.15, -0.1) is 0 Å². The summed E-state index contributed by atoms with van der Waals surface area (Å²) in [5.74, 6) is 0.659. The number of carbonyl (C=O) groups is 1. The summed E-state index contributed by atoms with van der Waals surface area (Å²) in [6, 6.07) is 13.9. The fourth-order valence-electron chi connectivity index (χ4n) is 3.15. The van der Waals surface area contributed by atoms with Crippen molar-refractivity contribution in [3.63, 3.8) is 0 Å². The van der Waals surface area contributed by atoms with Gasteiger partial charge in [-0.1, -0.05) is 24.3 Å². The largest absolute Gasteiger partial charge is 0.395 e. The average Bonchev–Trinajstić information content (AvgIpc) is 2.65. The molecule has 1 N–H and O–H groups in total. The molecule has 0 bridgehead atoms. The van der Waals surface area contributed by atoms with Crippen molar-refractivity contribution >= 4 is 17.4 Å². The van der Waals surface area contributed by atoms with Gasteiger partial charge >= 0.3 is 0 Å². The maximum atomic E-state index is 12.6. The molecule has 0 saturated carbocycles. The lowest BCUT2D eigenvalue weighted by Crippen LogP contribution is -2.34. The number of nitrogens with zero attached hydrogens (tertiary/aromatic N) is 3. The molecule has 126 valence electrons. The van der Waals surface area contributed by atoms with Crippen LogP contribution in [0, 0.1) is 0 Å². The number of aliphatic hydroxyl groups is 1. The van der Waals surface area contributed by atoms with E-state index in [1.807, 2.05) is 25.1 Å². The van der Waals surface area contributed by atoms with E-state index >= 15 is 0 Å². The third kappa shape index (κ3) is 3.26. The van der Waals surface area contributed by atoms with Crippen molar-refractivity contribution in [3.05, 3.63) is 53.7 Å². The van der Waals surface area contributed by atoms with Crippen LogP contribution >= 0.6 is 0 Å².